The van der Waals surface area contributed by atoms with E-state index in [4.69, 9.17) is 11.5 Å². The molecule has 0 fully saturated rings. The Balaban J connectivity index is 2.93. The highest BCUT2D eigenvalue weighted by molar-refractivity contribution is 5.83. The van der Waals surface area contributed by atoms with Crippen LogP contribution in [0.2, 0.25) is 0 Å². The lowest BCUT2D eigenvalue weighted by Gasteiger charge is -2.25. The summed E-state index contributed by atoms with van der Waals surface area (Å²) in [5, 5.41) is 4.44. The molecule has 102 valence electrons. The fraction of sp³-hybridized carbons (Fsp3) is 0.750. The number of hydrogen-bond donors (Lipinski definition) is 2. The Morgan fingerprint density at radius 1 is 1.44 bits per heavy atom. The first-order valence-corrected chi connectivity index (χ1v) is 6.34. The van der Waals surface area contributed by atoms with Crippen molar-refractivity contribution in [1.82, 2.24) is 14.8 Å². The molecule has 0 radical (unpaired) electrons. The monoisotopic (exact) mass is 253 g/mol. The first-order valence-electron chi connectivity index (χ1n) is 6.34. The zero-order chi connectivity index (χ0) is 13.9. The van der Waals surface area contributed by atoms with Gasteiger partial charge in [-0.25, -0.2) is 9.67 Å². The van der Waals surface area contributed by atoms with Gasteiger partial charge in [-0.15, -0.1) is 0 Å². The Morgan fingerprint density at radius 2 is 2.06 bits per heavy atom. The Kier molecular flexibility index (Phi) is 4.45. The molecule has 0 aromatic carbocycles. The minimum absolute atomic E-state index is 0.00440. The smallest absolute Gasteiger partial charge is 0.237 e. The summed E-state index contributed by atoms with van der Waals surface area (Å²) in [5.41, 5.74) is 10.2. The van der Waals surface area contributed by atoms with Crippen LogP contribution in [0.1, 0.15) is 51.8 Å². The number of carbonyl (C=O) groups excluding carboxylic acids is 1. The molecule has 18 heavy (non-hydrogen) atoms. The zero-order valence-electron chi connectivity index (χ0n) is 11.6. The molecule has 6 nitrogen and oxygen atoms in total. The van der Waals surface area contributed by atoms with Crippen molar-refractivity contribution < 1.29 is 4.79 Å². The summed E-state index contributed by atoms with van der Waals surface area (Å²) >= 11 is 0. The van der Waals surface area contributed by atoms with Crippen LogP contribution in [0.5, 0.6) is 0 Å². The van der Waals surface area contributed by atoms with Gasteiger partial charge in [-0.2, -0.15) is 5.10 Å². The van der Waals surface area contributed by atoms with E-state index in [1.54, 1.807) is 6.92 Å². The number of hydrogen-bond acceptors (Lipinski definition) is 4. The second-order valence-electron chi connectivity index (χ2n) is 4.93. The van der Waals surface area contributed by atoms with Crippen molar-refractivity contribution in [1.29, 1.82) is 0 Å². The average molecular weight is 253 g/mol. The molecule has 0 aliphatic heterocycles. The minimum Gasteiger partial charge on any atom is -0.368 e. The second-order valence-corrected chi connectivity index (χ2v) is 4.93. The molecular formula is C12H23N5O. The molecule has 1 amide bonds. The van der Waals surface area contributed by atoms with Crippen LogP contribution in [0, 0.1) is 0 Å². The van der Waals surface area contributed by atoms with E-state index in [0.29, 0.717) is 6.42 Å². The summed E-state index contributed by atoms with van der Waals surface area (Å²) in [7, 11) is 0. The van der Waals surface area contributed by atoms with E-state index in [-0.39, 0.29) is 6.04 Å². The van der Waals surface area contributed by atoms with Gasteiger partial charge in [-0.3, -0.25) is 4.79 Å². The number of carbonyl (C=O) groups is 1. The number of nitrogens with two attached hydrogens (primary N) is 2. The molecule has 0 aliphatic rings. The quantitative estimate of drug-likeness (QED) is 0.773. The first-order chi connectivity index (χ1) is 8.31. The zero-order valence-corrected chi connectivity index (χ0v) is 11.6. The van der Waals surface area contributed by atoms with Gasteiger partial charge < -0.3 is 11.5 Å². The van der Waals surface area contributed by atoms with Crippen LogP contribution in [-0.4, -0.2) is 26.2 Å². The molecule has 1 rings (SSSR count). The topological polar surface area (TPSA) is 99.8 Å². The third-order valence-corrected chi connectivity index (χ3v) is 3.08. The fourth-order valence-corrected chi connectivity index (χ4v) is 1.95. The molecular weight excluding hydrogens is 230 g/mol. The highest BCUT2D eigenvalue weighted by atomic mass is 16.1. The maximum atomic E-state index is 11.3. The van der Waals surface area contributed by atoms with Gasteiger partial charge in [0.05, 0.1) is 11.6 Å². The third kappa shape index (κ3) is 3.07. The normalized spacial score (nSPS) is 16.3. The molecule has 1 aromatic heterocycles. The minimum atomic E-state index is -1.03. The van der Waals surface area contributed by atoms with Gasteiger partial charge in [-0.1, -0.05) is 13.8 Å². The lowest BCUT2D eigenvalue weighted by atomic mass is 9.94. The molecule has 0 aliphatic carbocycles. The van der Waals surface area contributed by atoms with Crippen LogP contribution in [0.15, 0.2) is 0 Å². The van der Waals surface area contributed by atoms with Gasteiger partial charge in [0.15, 0.2) is 5.82 Å². The van der Waals surface area contributed by atoms with E-state index in [1.807, 2.05) is 25.5 Å². The number of primary amides is 1. The molecule has 2 atom stereocenters. The van der Waals surface area contributed by atoms with Crippen LogP contribution in [0.3, 0.4) is 0 Å². The summed E-state index contributed by atoms with van der Waals surface area (Å²) < 4.78 is 1.85. The molecule has 6 heteroatoms. The van der Waals surface area contributed by atoms with E-state index >= 15 is 0 Å². The molecule has 0 bridgehead atoms. The molecule has 0 saturated carbocycles. The SMILES string of the molecule is CCc1nc(CC)n(C(C)CC(C)(N)C(N)=O)n1. The lowest BCUT2D eigenvalue weighted by Crippen LogP contribution is -2.50. The van der Waals surface area contributed by atoms with Gasteiger partial charge >= 0.3 is 0 Å². The summed E-state index contributed by atoms with van der Waals surface area (Å²) in [6.45, 7) is 7.67. The molecule has 0 spiro atoms. The van der Waals surface area contributed by atoms with Gasteiger partial charge in [0.1, 0.15) is 5.82 Å². The van der Waals surface area contributed by atoms with Gasteiger partial charge in [0.25, 0.3) is 0 Å². The Hall–Kier alpha value is -1.43. The maximum absolute atomic E-state index is 11.3. The molecule has 4 N–H and O–H groups in total. The summed E-state index contributed by atoms with van der Waals surface area (Å²) in [4.78, 5) is 15.7. The van der Waals surface area contributed by atoms with Crippen molar-refractivity contribution in [3.63, 3.8) is 0 Å². The Labute approximate surface area is 108 Å². The fourth-order valence-electron chi connectivity index (χ4n) is 1.95. The first kappa shape index (κ1) is 14.6. The highest BCUT2D eigenvalue weighted by Gasteiger charge is 2.29. The van der Waals surface area contributed by atoms with Crippen LogP contribution in [-0.2, 0) is 17.6 Å². The van der Waals surface area contributed by atoms with Crippen molar-refractivity contribution in [3.05, 3.63) is 11.6 Å². The predicted molar refractivity (Wildman–Crippen MR) is 69.9 cm³/mol. The third-order valence-electron chi connectivity index (χ3n) is 3.08. The number of amides is 1. The number of aryl methyl sites for hydroxylation is 2. The molecule has 1 heterocycles. The van der Waals surface area contributed by atoms with Gasteiger partial charge in [0.2, 0.25) is 5.91 Å². The van der Waals surface area contributed by atoms with E-state index in [1.165, 1.54) is 0 Å². The van der Waals surface area contributed by atoms with Crippen molar-refractivity contribution in [2.24, 2.45) is 11.5 Å². The van der Waals surface area contributed by atoms with E-state index < -0.39 is 11.4 Å². The van der Waals surface area contributed by atoms with Crippen LogP contribution in [0.25, 0.3) is 0 Å². The van der Waals surface area contributed by atoms with Crippen LogP contribution >= 0.6 is 0 Å². The van der Waals surface area contributed by atoms with Crippen molar-refractivity contribution in [2.45, 2.75) is 58.5 Å². The number of aromatic nitrogens is 3. The van der Waals surface area contributed by atoms with E-state index in [2.05, 4.69) is 10.1 Å². The largest absolute Gasteiger partial charge is 0.368 e. The highest BCUT2D eigenvalue weighted by Crippen LogP contribution is 2.20. The summed E-state index contributed by atoms with van der Waals surface area (Å²) in [6, 6.07) is -0.00440. The van der Waals surface area contributed by atoms with Gasteiger partial charge in [0, 0.05) is 12.8 Å². The summed E-state index contributed by atoms with van der Waals surface area (Å²) in [6.07, 6.45) is 2.04. The Bertz CT molecular complexity index is 424. The lowest BCUT2D eigenvalue weighted by molar-refractivity contribution is -0.123. The van der Waals surface area contributed by atoms with Gasteiger partial charge in [-0.05, 0) is 20.3 Å². The Morgan fingerprint density at radius 3 is 2.50 bits per heavy atom. The van der Waals surface area contributed by atoms with Crippen LogP contribution < -0.4 is 11.5 Å². The standard InChI is InChI=1S/C12H23N5O/c1-5-9-15-10(6-2)17(16-9)8(3)7-12(4,14)11(13)18/h8H,5-7,14H2,1-4H3,(H2,13,18). The predicted octanol–water partition coefficient (Wildman–Crippen LogP) is 0.557. The molecule has 1 aromatic rings. The summed E-state index contributed by atoms with van der Waals surface area (Å²) in [5.74, 6) is 1.24. The van der Waals surface area contributed by atoms with Crippen molar-refractivity contribution >= 4 is 5.91 Å². The maximum Gasteiger partial charge on any atom is 0.237 e. The van der Waals surface area contributed by atoms with E-state index in [9.17, 15) is 4.79 Å². The second kappa shape index (κ2) is 5.48. The molecule has 2 unspecified atom stereocenters. The average Bonchev–Trinajstić information content (AvgIpc) is 2.71. The van der Waals surface area contributed by atoms with E-state index in [0.717, 1.165) is 24.5 Å². The van der Waals surface area contributed by atoms with Crippen molar-refractivity contribution in [2.75, 3.05) is 0 Å². The van der Waals surface area contributed by atoms with Crippen molar-refractivity contribution in [3.8, 4) is 0 Å². The molecule has 0 saturated heterocycles. The number of nitrogens with zero attached hydrogens (tertiary/aromatic N) is 3. The van der Waals surface area contributed by atoms with Crippen LogP contribution in [0.4, 0.5) is 0 Å². The number of rotatable bonds is 6.